The molecule has 0 unspecified atom stereocenters. The van der Waals surface area contributed by atoms with Crippen molar-refractivity contribution in [1.29, 1.82) is 0 Å². The summed E-state index contributed by atoms with van der Waals surface area (Å²) < 4.78 is 5.71. The molecule has 3 aromatic rings. The van der Waals surface area contributed by atoms with Crippen LogP contribution < -0.4 is 0 Å². The van der Waals surface area contributed by atoms with E-state index in [4.69, 9.17) is 16.0 Å². The quantitative estimate of drug-likeness (QED) is 0.428. The van der Waals surface area contributed by atoms with Crippen molar-refractivity contribution in [1.82, 2.24) is 15.1 Å². The Kier molecular flexibility index (Phi) is 5.26. The number of benzene rings is 2. The van der Waals surface area contributed by atoms with Crippen molar-refractivity contribution >= 4 is 23.2 Å². The van der Waals surface area contributed by atoms with Gasteiger partial charge in [0.05, 0.1) is 17.9 Å². The fourth-order valence-corrected chi connectivity index (χ4v) is 3.21. The van der Waals surface area contributed by atoms with Crippen LogP contribution >= 0.6 is 11.6 Å². The lowest BCUT2D eigenvalue weighted by Gasteiger charge is -2.20. The van der Waals surface area contributed by atoms with E-state index in [1.54, 1.807) is 47.4 Å². The number of nitro benzene ring substituents is 1. The molecular formula is C20H17ClN4O4. The van der Waals surface area contributed by atoms with Crippen LogP contribution in [0.5, 0.6) is 0 Å². The lowest BCUT2D eigenvalue weighted by Crippen LogP contribution is -2.34. The molecule has 0 radical (unpaired) electrons. The van der Waals surface area contributed by atoms with Gasteiger partial charge in [-0.25, -0.2) is 0 Å². The molecule has 1 fully saturated rings. The molecule has 1 aromatic heterocycles. The van der Waals surface area contributed by atoms with Crippen molar-refractivity contribution in [2.75, 3.05) is 0 Å². The number of carbonyl (C=O) groups is 1. The van der Waals surface area contributed by atoms with Gasteiger partial charge in [0.2, 0.25) is 17.7 Å². The normalized spacial score (nSPS) is 13.3. The Morgan fingerprint density at radius 3 is 2.59 bits per heavy atom. The highest BCUT2D eigenvalue weighted by Gasteiger charge is 2.34. The van der Waals surface area contributed by atoms with Gasteiger partial charge in [-0.1, -0.05) is 29.8 Å². The number of hydrogen-bond donors (Lipinski definition) is 0. The minimum absolute atomic E-state index is 0.0498. The highest BCUT2D eigenvalue weighted by atomic mass is 35.5. The molecule has 8 nitrogen and oxygen atoms in total. The monoisotopic (exact) mass is 412 g/mol. The Morgan fingerprint density at radius 1 is 1.17 bits per heavy atom. The first-order valence-electron chi connectivity index (χ1n) is 9.11. The number of carbonyl (C=O) groups excluding carboxylic acids is 1. The Bertz CT molecular complexity index is 1050. The standard InChI is InChI=1S/C20H17ClN4O4/c21-15-7-5-13(6-8-15)20-23-22-18(29-20)12-24(16-9-10-16)19(26)11-14-3-1-2-4-17(14)25(27)28/h1-8,16H,9-12H2. The highest BCUT2D eigenvalue weighted by Crippen LogP contribution is 2.30. The number of rotatable bonds is 7. The molecule has 9 heteroatoms. The smallest absolute Gasteiger partial charge is 0.273 e. The van der Waals surface area contributed by atoms with Gasteiger partial charge in [-0.15, -0.1) is 10.2 Å². The fraction of sp³-hybridized carbons (Fsp3) is 0.250. The third-order valence-electron chi connectivity index (χ3n) is 4.70. The van der Waals surface area contributed by atoms with Crippen LogP contribution in [-0.4, -0.2) is 32.0 Å². The van der Waals surface area contributed by atoms with Crippen LogP contribution in [0.15, 0.2) is 52.9 Å². The second kappa shape index (κ2) is 8.00. The number of aromatic nitrogens is 2. The number of para-hydroxylation sites is 1. The maximum absolute atomic E-state index is 12.9. The van der Waals surface area contributed by atoms with Gasteiger partial charge in [0.25, 0.3) is 5.69 Å². The zero-order valence-corrected chi connectivity index (χ0v) is 16.1. The number of halogens is 1. The molecule has 29 heavy (non-hydrogen) atoms. The van der Waals surface area contributed by atoms with E-state index in [0.29, 0.717) is 22.4 Å². The summed E-state index contributed by atoms with van der Waals surface area (Å²) >= 11 is 5.89. The number of amides is 1. The van der Waals surface area contributed by atoms with E-state index < -0.39 is 4.92 Å². The zero-order valence-electron chi connectivity index (χ0n) is 15.3. The van der Waals surface area contributed by atoms with Crippen LogP contribution in [0.1, 0.15) is 24.3 Å². The molecule has 148 valence electrons. The van der Waals surface area contributed by atoms with E-state index in [0.717, 1.165) is 18.4 Å². The Hall–Kier alpha value is -3.26. The predicted molar refractivity (Wildman–Crippen MR) is 105 cm³/mol. The third kappa shape index (κ3) is 4.43. The second-order valence-corrected chi connectivity index (χ2v) is 7.26. The van der Waals surface area contributed by atoms with E-state index in [-0.39, 0.29) is 30.6 Å². The average molecular weight is 413 g/mol. The molecule has 0 bridgehead atoms. The third-order valence-corrected chi connectivity index (χ3v) is 4.95. The first-order chi connectivity index (χ1) is 14.0. The van der Waals surface area contributed by atoms with Crippen LogP contribution in [0.3, 0.4) is 0 Å². The Balaban J connectivity index is 1.50. The molecule has 1 heterocycles. The van der Waals surface area contributed by atoms with Gasteiger partial charge >= 0.3 is 0 Å². The topological polar surface area (TPSA) is 102 Å². The van der Waals surface area contributed by atoms with Crippen LogP contribution in [0.2, 0.25) is 5.02 Å². The summed E-state index contributed by atoms with van der Waals surface area (Å²) in [5, 5.41) is 19.9. The predicted octanol–water partition coefficient (Wildman–Crippen LogP) is 4.03. The first-order valence-corrected chi connectivity index (χ1v) is 9.49. The van der Waals surface area contributed by atoms with Crippen molar-refractivity contribution in [3.8, 4) is 11.5 Å². The largest absolute Gasteiger partial charge is 0.419 e. The maximum atomic E-state index is 12.9. The minimum atomic E-state index is -0.472. The molecule has 1 aliphatic rings. The van der Waals surface area contributed by atoms with E-state index in [1.165, 1.54) is 6.07 Å². The van der Waals surface area contributed by atoms with E-state index in [1.807, 2.05) is 0 Å². The molecule has 2 aromatic carbocycles. The molecule has 1 amide bonds. The first kappa shape index (κ1) is 19.1. The van der Waals surface area contributed by atoms with Crippen LogP contribution in [0.25, 0.3) is 11.5 Å². The summed E-state index contributed by atoms with van der Waals surface area (Å²) in [6.45, 7) is 0.171. The summed E-state index contributed by atoms with van der Waals surface area (Å²) in [5.41, 5.74) is 1.07. The van der Waals surface area contributed by atoms with Crippen LogP contribution in [0, 0.1) is 10.1 Å². The van der Waals surface area contributed by atoms with Crippen LogP contribution in [0.4, 0.5) is 5.69 Å². The maximum Gasteiger partial charge on any atom is 0.273 e. The molecule has 4 rings (SSSR count). The molecule has 1 saturated carbocycles. The van der Waals surface area contributed by atoms with Gasteiger partial charge < -0.3 is 9.32 Å². The highest BCUT2D eigenvalue weighted by molar-refractivity contribution is 6.30. The van der Waals surface area contributed by atoms with Crippen molar-refractivity contribution < 1.29 is 14.1 Å². The summed E-state index contributed by atoms with van der Waals surface area (Å²) in [6, 6.07) is 13.4. The Labute approximate surface area is 171 Å². The molecule has 0 atom stereocenters. The minimum Gasteiger partial charge on any atom is -0.419 e. The van der Waals surface area contributed by atoms with E-state index in [9.17, 15) is 14.9 Å². The van der Waals surface area contributed by atoms with Gasteiger partial charge in [0.15, 0.2) is 0 Å². The van der Waals surface area contributed by atoms with Crippen molar-refractivity contribution in [3.05, 3.63) is 75.1 Å². The van der Waals surface area contributed by atoms with Crippen molar-refractivity contribution in [2.45, 2.75) is 31.8 Å². The van der Waals surface area contributed by atoms with Gasteiger partial charge in [0, 0.05) is 28.3 Å². The molecule has 0 N–H and O–H groups in total. The van der Waals surface area contributed by atoms with E-state index >= 15 is 0 Å². The van der Waals surface area contributed by atoms with Gasteiger partial charge in [0.1, 0.15) is 0 Å². The van der Waals surface area contributed by atoms with Gasteiger partial charge in [-0.2, -0.15) is 0 Å². The van der Waals surface area contributed by atoms with Crippen molar-refractivity contribution in [2.24, 2.45) is 0 Å². The average Bonchev–Trinajstić information content (AvgIpc) is 3.44. The number of nitro groups is 1. The Morgan fingerprint density at radius 2 is 1.90 bits per heavy atom. The summed E-state index contributed by atoms with van der Waals surface area (Å²) in [6.07, 6.45) is 1.73. The molecule has 1 aliphatic carbocycles. The van der Waals surface area contributed by atoms with Crippen molar-refractivity contribution in [3.63, 3.8) is 0 Å². The molecular weight excluding hydrogens is 396 g/mol. The zero-order chi connectivity index (χ0) is 20.4. The molecule has 0 aliphatic heterocycles. The van der Waals surface area contributed by atoms with Crippen LogP contribution in [-0.2, 0) is 17.8 Å². The molecule has 0 spiro atoms. The summed E-state index contributed by atoms with van der Waals surface area (Å²) in [5.74, 6) is 0.462. The fourth-order valence-electron chi connectivity index (χ4n) is 3.08. The van der Waals surface area contributed by atoms with Gasteiger partial charge in [-0.3, -0.25) is 14.9 Å². The summed E-state index contributed by atoms with van der Waals surface area (Å²) in [7, 11) is 0. The lowest BCUT2D eigenvalue weighted by molar-refractivity contribution is -0.385. The SMILES string of the molecule is O=C(Cc1ccccc1[N+](=O)[O-])N(Cc1nnc(-c2ccc(Cl)cc2)o1)C1CC1. The number of nitrogens with zero attached hydrogens (tertiary/aromatic N) is 4. The lowest BCUT2D eigenvalue weighted by atomic mass is 10.1. The summed E-state index contributed by atoms with van der Waals surface area (Å²) in [4.78, 5) is 25.3. The van der Waals surface area contributed by atoms with E-state index in [2.05, 4.69) is 10.2 Å². The molecule has 0 saturated heterocycles. The second-order valence-electron chi connectivity index (χ2n) is 6.82. The van der Waals surface area contributed by atoms with Gasteiger partial charge in [-0.05, 0) is 37.1 Å². The number of hydrogen-bond acceptors (Lipinski definition) is 6.